The molecular weight excluding hydrogens is 400 g/mol. The second-order valence-electron chi connectivity index (χ2n) is 7.89. The fourth-order valence-corrected chi connectivity index (χ4v) is 5.33. The van der Waals surface area contributed by atoms with Crippen molar-refractivity contribution in [2.75, 3.05) is 11.9 Å². The van der Waals surface area contributed by atoms with Gasteiger partial charge in [-0.05, 0) is 82.1 Å². The van der Waals surface area contributed by atoms with Crippen LogP contribution in [0.1, 0.15) is 47.1 Å². The normalized spacial score (nSPS) is 14.0. The molecular formula is C23H24N2O2S2. The van der Waals surface area contributed by atoms with Crippen LogP contribution in [0.25, 0.3) is 16.8 Å². The van der Waals surface area contributed by atoms with Crippen molar-refractivity contribution < 1.29 is 9.53 Å². The maximum absolute atomic E-state index is 11.9. The van der Waals surface area contributed by atoms with Gasteiger partial charge in [0, 0.05) is 16.8 Å². The van der Waals surface area contributed by atoms with Crippen LogP contribution in [0.2, 0.25) is 0 Å². The number of carbonyl (C=O) groups is 1. The molecule has 0 unspecified atom stereocenters. The Labute approximate surface area is 180 Å². The van der Waals surface area contributed by atoms with Crippen molar-refractivity contribution in [1.82, 2.24) is 3.96 Å². The van der Waals surface area contributed by atoms with Gasteiger partial charge in [0.1, 0.15) is 4.64 Å². The van der Waals surface area contributed by atoms with Crippen molar-refractivity contribution in [3.63, 3.8) is 0 Å². The molecule has 1 aromatic heterocycles. The molecule has 0 amide bonds. The third-order valence-electron chi connectivity index (χ3n) is 5.34. The standard InChI is InChI=1S/C23H24N2O2S2/c1-6-27-22(26)15-7-9-16(10-8-15)25-21(28)19-17-11-13(2)14(3)12-18(17)24-23(4,5)20(19)29-25/h7-12,24H,6H2,1-5H3. The molecule has 4 nitrogen and oxygen atoms in total. The van der Waals surface area contributed by atoms with Crippen LogP contribution in [0.5, 0.6) is 0 Å². The number of aromatic nitrogens is 1. The lowest BCUT2D eigenvalue weighted by atomic mass is 9.88. The van der Waals surface area contributed by atoms with Crippen LogP contribution >= 0.6 is 23.8 Å². The number of fused-ring (bicyclic) bond motifs is 3. The maximum atomic E-state index is 11.9. The quantitative estimate of drug-likeness (QED) is 0.391. The Morgan fingerprint density at radius 1 is 1.17 bits per heavy atom. The van der Waals surface area contributed by atoms with Gasteiger partial charge in [-0.2, -0.15) is 0 Å². The van der Waals surface area contributed by atoms with Gasteiger partial charge in [-0.3, -0.25) is 3.96 Å². The second-order valence-corrected chi connectivity index (χ2v) is 9.24. The minimum absolute atomic E-state index is 0.224. The lowest BCUT2D eigenvalue weighted by molar-refractivity contribution is 0.0526. The van der Waals surface area contributed by atoms with Gasteiger partial charge in [0.15, 0.2) is 0 Å². The van der Waals surface area contributed by atoms with Gasteiger partial charge < -0.3 is 10.1 Å². The molecule has 29 heavy (non-hydrogen) atoms. The Hall–Kier alpha value is -2.44. The number of nitrogens with zero attached hydrogens (tertiary/aromatic N) is 1. The number of rotatable bonds is 3. The number of nitrogens with one attached hydrogen (secondary N) is 1. The number of anilines is 1. The van der Waals surface area contributed by atoms with E-state index in [-0.39, 0.29) is 11.5 Å². The molecule has 3 aromatic rings. The molecule has 0 fully saturated rings. The van der Waals surface area contributed by atoms with E-state index in [4.69, 9.17) is 17.0 Å². The number of esters is 1. The first-order chi connectivity index (χ1) is 13.7. The fourth-order valence-electron chi connectivity index (χ4n) is 3.68. The summed E-state index contributed by atoms with van der Waals surface area (Å²) in [5, 5.41) is 3.68. The van der Waals surface area contributed by atoms with Crippen molar-refractivity contribution in [3.05, 3.63) is 62.6 Å². The van der Waals surface area contributed by atoms with Crippen molar-refractivity contribution in [1.29, 1.82) is 0 Å². The van der Waals surface area contributed by atoms with E-state index in [0.29, 0.717) is 12.2 Å². The number of benzene rings is 2. The van der Waals surface area contributed by atoms with E-state index in [9.17, 15) is 4.79 Å². The molecule has 6 heteroatoms. The molecule has 2 aromatic carbocycles. The maximum Gasteiger partial charge on any atom is 0.338 e. The first kappa shape index (κ1) is 19.9. The molecule has 0 atom stereocenters. The van der Waals surface area contributed by atoms with E-state index in [2.05, 4.69) is 49.1 Å². The topological polar surface area (TPSA) is 43.3 Å². The number of ether oxygens (including phenoxy) is 1. The van der Waals surface area contributed by atoms with E-state index in [0.717, 1.165) is 27.1 Å². The third-order valence-corrected chi connectivity index (χ3v) is 7.31. The van der Waals surface area contributed by atoms with E-state index in [1.165, 1.54) is 16.0 Å². The van der Waals surface area contributed by atoms with Crippen molar-refractivity contribution >= 4 is 35.4 Å². The molecule has 0 saturated heterocycles. The van der Waals surface area contributed by atoms with Crippen LogP contribution in [0.4, 0.5) is 5.69 Å². The van der Waals surface area contributed by atoms with Crippen LogP contribution in [0, 0.1) is 18.5 Å². The summed E-state index contributed by atoms with van der Waals surface area (Å²) in [5.74, 6) is -0.307. The summed E-state index contributed by atoms with van der Waals surface area (Å²) in [6, 6.07) is 11.9. The molecule has 1 aliphatic rings. The highest BCUT2D eigenvalue weighted by atomic mass is 32.1. The number of hydrogen-bond acceptors (Lipinski definition) is 5. The van der Waals surface area contributed by atoms with Crippen molar-refractivity contribution in [3.8, 4) is 16.8 Å². The number of hydrogen-bond donors (Lipinski definition) is 1. The molecule has 0 saturated carbocycles. The van der Waals surface area contributed by atoms with Gasteiger partial charge in [0.05, 0.1) is 28.3 Å². The molecule has 150 valence electrons. The Balaban J connectivity index is 1.85. The fraction of sp³-hybridized carbons (Fsp3) is 0.304. The summed E-state index contributed by atoms with van der Waals surface area (Å²) in [4.78, 5) is 13.2. The minimum Gasteiger partial charge on any atom is -0.462 e. The van der Waals surface area contributed by atoms with Crippen molar-refractivity contribution in [2.24, 2.45) is 0 Å². The van der Waals surface area contributed by atoms with Crippen LogP contribution in [0.3, 0.4) is 0 Å². The molecule has 0 aliphatic carbocycles. The Morgan fingerprint density at radius 2 is 1.83 bits per heavy atom. The molecule has 1 N–H and O–H groups in total. The van der Waals surface area contributed by atoms with Crippen LogP contribution < -0.4 is 5.32 Å². The predicted molar refractivity (Wildman–Crippen MR) is 122 cm³/mol. The monoisotopic (exact) mass is 424 g/mol. The molecule has 0 radical (unpaired) electrons. The molecule has 4 rings (SSSR count). The predicted octanol–water partition coefficient (Wildman–Crippen LogP) is 6.39. The summed E-state index contributed by atoms with van der Waals surface area (Å²) in [6.45, 7) is 10.8. The molecule has 0 spiro atoms. The van der Waals surface area contributed by atoms with Crippen LogP contribution in [-0.4, -0.2) is 16.5 Å². The van der Waals surface area contributed by atoms with E-state index < -0.39 is 0 Å². The first-order valence-corrected chi connectivity index (χ1v) is 10.8. The SMILES string of the molecule is CCOC(=O)c1ccc(-n2sc3c(c2=S)-c2cc(C)c(C)cc2NC3(C)C)cc1. The van der Waals surface area contributed by atoms with E-state index >= 15 is 0 Å². The van der Waals surface area contributed by atoms with Gasteiger partial charge in [-0.1, -0.05) is 23.8 Å². The first-order valence-electron chi connectivity index (χ1n) is 9.67. The van der Waals surface area contributed by atoms with Gasteiger partial charge >= 0.3 is 5.97 Å². The highest BCUT2D eigenvalue weighted by molar-refractivity contribution is 7.71. The Kier molecular flexibility index (Phi) is 4.87. The van der Waals surface area contributed by atoms with Crippen LogP contribution in [0.15, 0.2) is 36.4 Å². The van der Waals surface area contributed by atoms with Crippen LogP contribution in [-0.2, 0) is 10.3 Å². The average Bonchev–Trinajstić information content (AvgIpc) is 3.02. The van der Waals surface area contributed by atoms with Gasteiger partial charge in [0.25, 0.3) is 0 Å². The summed E-state index contributed by atoms with van der Waals surface area (Å²) in [6.07, 6.45) is 0. The zero-order chi connectivity index (χ0) is 20.9. The smallest absolute Gasteiger partial charge is 0.338 e. The van der Waals surface area contributed by atoms with E-state index in [1.807, 2.05) is 12.1 Å². The number of aryl methyl sites for hydroxylation is 2. The van der Waals surface area contributed by atoms with Crippen molar-refractivity contribution in [2.45, 2.75) is 40.2 Å². The molecule has 1 aliphatic heterocycles. The largest absolute Gasteiger partial charge is 0.462 e. The summed E-state index contributed by atoms with van der Waals surface area (Å²) >= 11 is 7.58. The lowest BCUT2D eigenvalue weighted by Gasteiger charge is -2.33. The zero-order valence-corrected chi connectivity index (χ0v) is 18.9. The van der Waals surface area contributed by atoms with E-state index in [1.54, 1.807) is 30.6 Å². The Morgan fingerprint density at radius 3 is 2.48 bits per heavy atom. The third kappa shape index (κ3) is 3.30. The zero-order valence-electron chi connectivity index (χ0n) is 17.3. The van der Waals surface area contributed by atoms with Gasteiger partial charge in [-0.15, -0.1) is 0 Å². The highest BCUT2D eigenvalue weighted by Gasteiger charge is 2.34. The molecule has 2 heterocycles. The average molecular weight is 425 g/mol. The molecule has 0 bridgehead atoms. The summed E-state index contributed by atoms with van der Waals surface area (Å²) in [5.41, 5.74) is 7.19. The summed E-state index contributed by atoms with van der Waals surface area (Å²) < 4.78 is 7.95. The minimum atomic E-state index is -0.307. The number of carbonyl (C=O) groups excluding carboxylic acids is 1. The van der Waals surface area contributed by atoms with Gasteiger partial charge in [-0.25, -0.2) is 4.79 Å². The second kappa shape index (κ2) is 7.11. The highest BCUT2D eigenvalue weighted by Crippen LogP contribution is 2.48. The lowest BCUT2D eigenvalue weighted by Crippen LogP contribution is -2.30. The Bertz CT molecular complexity index is 1170. The van der Waals surface area contributed by atoms with Gasteiger partial charge in [0.2, 0.25) is 0 Å². The summed E-state index contributed by atoms with van der Waals surface area (Å²) in [7, 11) is 0.